The molecule has 0 radical (unpaired) electrons. The first-order valence-corrected chi connectivity index (χ1v) is 43.5. The van der Waals surface area contributed by atoms with Crippen LogP contribution in [0.1, 0.15) is 275 Å². The zero-order chi connectivity index (χ0) is 83.2. The van der Waals surface area contributed by atoms with Crippen LogP contribution < -0.4 is 0 Å². The van der Waals surface area contributed by atoms with E-state index in [1.165, 1.54) is 27.8 Å². The van der Waals surface area contributed by atoms with E-state index in [2.05, 4.69) is 102 Å². The van der Waals surface area contributed by atoms with E-state index >= 15 is 0 Å². The third-order valence-electron chi connectivity index (χ3n) is 27.9. The first-order valence-electron chi connectivity index (χ1n) is 43.5. The smallest absolute Gasteiger partial charge is 0.311 e. The van der Waals surface area contributed by atoms with Crippen molar-refractivity contribution in [2.45, 2.75) is 350 Å². The number of carbonyl (C=O) groups excluding carboxylic acids is 7. The van der Waals surface area contributed by atoms with Gasteiger partial charge in [0.2, 0.25) is 0 Å². The lowest BCUT2D eigenvalue weighted by Crippen LogP contribution is -2.46. The number of carbonyl (C=O) groups is 7. The minimum atomic E-state index is -0.652. The summed E-state index contributed by atoms with van der Waals surface area (Å²) in [7, 11) is 0. The number of esters is 7. The first kappa shape index (κ1) is 90.0. The van der Waals surface area contributed by atoms with Crippen molar-refractivity contribution in [3.63, 3.8) is 0 Å². The second-order valence-electron chi connectivity index (χ2n) is 38.3. The Labute approximate surface area is 678 Å². The molecule has 1 saturated carbocycles. The molecule has 0 aromatic heterocycles. The lowest BCUT2D eigenvalue weighted by atomic mass is 9.62. The average Bonchev–Trinajstić information content (AvgIpc) is 1.56. The molecule has 27 atom stereocenters. The molecule has 0 bridgehead atoms. The minimum Gasteiger partial charge on any atom is -0.462 e. The second kappa shape index (κ2) is 38.6. The summed E-state index contributed by atoms with van der Waals surface area (Å²) in [6, 6.07) is 6.63. The van der Waals surface area contributed by atoms with Crippen molar-refractivity contribution >= 4 is 47.9 Å². The van der Waals surface area contributed by atoms with Crippen LogP contribution in [-0.2, 0) is 71.5 Å². The van der Waals surface area contributed by atoms with Crippen LogP contribution in [0, 0.1) is 94.2 Å². The number of ether oxygens (including phenoxy) is 8. The summed E-state index contributed by atoms with van der Waals surface area (Å²) in [6.45, 7) is 34.9. The maximum absolute atomic E-state index is 12.9. The predicted molar refractivity (Wildman–Crippen MR) is 434 cm³/mol. The van der Waals surface area contributed by atoms with Gasteiger partial charge in [0.05, 0.1) is 78.6 Å². The maximum Gasteiger partial charge on any atom is 0.311 e. The van der Waals surface area contributed by atoms with Gasteiger partial charge in [-0.15, -0.1) is 0 Å². The Hall–Kier alpha value is -6.29. The van der Waals surface area contributed by atoms with Crippen molar-refractivity contribution in [1.82, 2.24) is 0 Å². The molecule has 27 unspecified atom stereocenters. The van der Waals surface area contributed by atoms with Crippen molar-refractivity contribution in [2.75, 3.05) is 0 Å². The number of fused-ring (bicyclic) bond motifs is 6. The maximum atomic E-state index is 12.9. The van der Waals surface area contributed by atoms with Crippen molar-refractivity contribution in [1.29, 1.82) is 0 Å². The number of aryl methyl sites for hydroxylation is 1. The summed E-state index contributed by atoms with van der Waals surface area (Å²) in [5, 5.41) is 50.2. The highest BCUT2D eigenvalue weighted by Crippen LogP contribution is 2.57. The average molecular weight is 1590 g/mol. The Balaban J connectivity index is 0.000000162. The number of epoxide rings is 1. The Morgan fingerprint density at radius 3 is 1.36 bits per heavy atom. The van der Waals surface area contributed by atoms with Gasteiger partial charge < -0.3 is 63.4 Å². The highest BCUT2D eigenvalue weighted by Gasteiger charge is 2.60. The van der Waals surface area contributed by atoms with Crippen LogP contribution >= 0.6 is 0 Å². The molecule has 20 nitrogen and oxygen atoms in total. The quantitative estimate of drug-likeness (QED) is 0.0331. The van der Waals surface area contributed by atoms with Crippen LogP contribution in [0.4, 0.5) is 0 Å². The van der Waals surface area contributed by atoms with Gasteiger partial charge in [-0.2, -0.15) is 0 Å². The number of benzene rings is 1. The fourth-order valence-corrected chi connectivity index (χ4v) is 19.7. The molecule has 0 spiro atoms. The van der Waals surface area contributed by atoms with E-state index in [-0.39, 0.29) is 152 Å². The van der Waals surface area contributed by atoms with Crippen molar-refractivity contribution < 1.29 is 97.0 Å². The fraction of sp³-hybridized carbons (Fsp3) is 0.734. The van der Waals surface area contributed by atoms with Gasteiger partial charge in [0.1, 0.15) is 48.8 Å². The number of aliphatic hydroxyl groups is 5. The van der Waals surface area contributed by atoms with Gasteiger partial charge in [-0.1, -0.05) is 140 Å². The number of hydrogen-bond acceptors (Lipinski definition) is 20. The van der Waals surface area contributed by atoms with Crippen molar-refractivity contribution in [2.24, 2.45) is 87.3 Å². The van der Waals surface area contributed by atoms with Gasteiger partial charge in [-0.25, -0.2) is 0 Å². The van der Waals surface area contributed by atoms with Crippen LogP contribution in [0.5, 0.6) is 0 Å². The topological polar surface area (TPSA) is 298 Å². The fourth-order valence-electron chi connectivity index (χ4n) is 19.7. The molecule has 0 amide bonds. The molecular formula is C94H138O20. The normalized spacial score (nSPS) is 36.8. The molecule has 13 rings (SSSR count). The number of hydrogen-bond donors (Lipinski definition) is 5. The van der Waals surface area contributed by atoms with Gasteiger partial charge in [0, 0.05) is 49.9 Å². The predicted octanol–water partition coefficient (Wildman–Crippen LogP) is 15.7. The zero-order valence-corrected chi connectivity index (χ0v) is 71.4. The second-order valence-corrected chi connectivity index (χ2v) is 38.3. The molecule has 5 saturated heterocycles. The number of cyclic esters (lactones) is 4. The summed E-state index contributed by atoms with van der Waals surface area (Å²) < 4.78 is 46.3. The van der Waals surface area contributed by atoms with Gasteiger partial charge in [-0.05, 0) is 226 Å². The Bertz CT molecular complexity index is 3710. The van der Waals surface area contributed by atoms with Crippen LogP contribution in [0.25, 0.3) is 6.08 Å². The van der Waals surface area contributed by atoms with E-state index in [9.17, 15) is 59.1 Å². The van der Waals surface area contributed by atoms with Gasteiger partial charge >= 0.3 is 41.8 Å². The molecule has 7 aliphatic carbocycles. The minimum absolute atomic E-state index is 0.00271. The summed E-state index contributed by atoms with van der Waals surface area (Å²) in [6.07, 6.45) is 26.9. The number of aliphatic hydroxyl groups excluding tert-OH is 5. The lowest BCUT2D eigenvalue weighted by Gasteiger charge is -2.45. The molecule has 12 aliphatic rings. The van der Waals surface area contributed by atoms with E-state index in [4.69, 9.17) is 37.9 Å². The summed E-state index contributed by atoms with van der Waals surface area (Å²) in [4.78, 5) is 85.3. The lowest BCUT2D eigenvalue weighted by molar-refractivity contribution is -0.166. The molecule has 1 aromatic rings. The Morgan fingerprint density at radius 2 is 0.886 bits per heavy atom. The van der Waals surface area contributed by atoms with Crippen molar-refractivity contribution in [3.8, 4) is 0 Å². The summed E-state index contributed by atoms with van der Waals surface area (Å²) in [5.41, 5.74) is 7.21. The van der Waals surface area contributed by atoms with Crippen LogP contribution in [0.15, 0.2) is 83.0 Å². The van der Waals surface area contributed by atoms with E-state index in [1.807, 2.05) is 82.2 Å². The molecule has 5 heterocycles. The SMILES string of the molecule is CCC(C)(C)C(=O)OC1CC(C)=CC2=CC(O)C(C)C(CCC3CC(O)CC(=O)O3)C21.CCC(C)(C)C(=O)OC1CC(C)C=C2C3OC3C(C)C(CCC3CC(O)CC(=O)O3)C21.CCC(C)(C)C(=O)OC1CC(C)C=C2C=CC(C)C(CCC3CC(O)CC(=O)O3)C21.Cc1ccc2c(c1)C=CC(C)C2CCC1CC(O)CC(=O)O1. The van der Waals surface area contributed by atoms with E-state index in [0.29, 0.717) is 92.3 Å². The van der Waals surface area contributed by atoms with Crippen LogP contribution in [0.3, 0.4) is 0 Å². The highest BCUT2D eigenvalue weighted by molar-refractivity contribution is 5.78. The molecule has 1 aromatic carbocycles. The summed E-state index contributed by atoms with van der Waals surface area (Å²) in [5.74, 6) is 1.70. The Morgan fingerprint density at radius 1 is 0.465 bits per heavy atom. The van der Waals surface area contributed by atoms with Crippen LogP contribution in [0.2, 0.25) is 0 Å². The van der Waals surface area contributed by atoms with Gasteiger partial charge in [-0.3, -0.25) is 33.6 Å². The van der Waals surface area contributed by atoms with E-state index in [1.54, 1.807) is 0 Å². The standard InChI is InChI=1S/2C25H38O6.C25H38O5.C19H24O3/c1-6-25(4,5)24(28)30-19-10-13(2)9-18-21(19)17(14(3)22-23(18)31-22)8-7-16-11-15(26)12-20(27)29-16;1-6-25(4,5)24(29)31-21-10-14(2)9-16-11-20(27)15(3)19(23(16)21)8-7-18-12-17(26)13-22(28)30-18;1-6-25(4,5)24(28)30-21-12-15(2)11-17-8-7-16(3)20(23(17)21)10-9-19-13-18(26)14-22(27)29-19;1-12-3-7-18-14(9-12)5-4-13(2)17(18)8-6-16-10-15(20)11-19(21)22-16/h9,13-17,19,21-23,26H,6-8,10-12H2,1-5H3;9,11,15,17-21,23,26-27H,6-8,10,12-13H2,1-5H3;7-8,11,15-16,18-21,23,26H,6,9-10,12-14H2,1-5H3;3-5,7,9,13,15-17,20H,6,8,10-11H2,1-2H3. The molecule has 5 N–H and O–H groups in total. The molecule has 114 heavy (non-hydrogen) atoms. The molecule has 634 valence electrons. The third-order valence-corrected chi connectivity index (χ3v) is 27.9. The number of allylic oxidation sites excluding steroid dienone is 6. The zero-order valence-electron chi connectivity index (χ0n) is 71.4. The third kappa shape index (κ3) is 22.8. The van der Waals surface area contributed by atoms with Gasteiger partial charge in [0.25, 0.3) is 0 Å². The van der Waals surface area contributed by atoms with E-state index in [0.717, 1.165) is 81.8 Å². The highest BCUT2D eigenvalue weighted by atomic mass is 16.6. The molecule has 20 heteroatoms. The molecule has 6 fully saturated rings. The number of rotatable bonds is 21. The van der Waals surface area contributed by atoms with E-state index < -0.39 is 46.8 Å². The largest absolute Gasteiger partial charge is 0.462 e. The molecule has 5 aliphatic heterocycles. The monoisotopic (exact) mass is 1590 g/mol. The van der Waals surface area contributed by atoms with Crippen molar-refractivity contribution in [3.05, 3.63) is 99.7 Å². The first-order chi connectivity index (χ1) is 53.7. The Kier molecular flexibility index (Phi) is 30.5. The molecular weight excluding hydrogens is 1450 g/mol. The van der Waals surface area contributed by atoms with Gasteiger partial charge in [0.15, 0.2) is 0 Å². The van der Waals surface area contributed by atoms with Crippen LogP contribution in [-0.4, -0.2) is 153 Å². The summed E-state index contributed by atoms with van der Waals surface area (Å²) >= 11 is 0.